The molecular formula is C15H18ClN3O. The Kier molecular flexibility index (Phi) is 3.66. The van der Waals surface area contributed by atoms with Crippen LogP contribution < -0.4 is 5.32 Å². The molecule has 1 fully saturated rings. The van der Waals surface area contributed by atoms with Gasteiger partial charge in [0, 0.05) is 23.9 Å². The van der Waals surface area contributed by atoms with Crippen molar-refractivity contribution in [1.29, 1.82) is 0 Å². The van der Waals surface area contributed by atoms with Crippen LogP contribution in [-0.2, 0) is 7.05 Å². The number of hydrogen-bond donors (Lipinski definition) is 1. The van der Waals surface area contributed by atoms with Crippen molar-refractivity contribution in [1.82, 2.24) is 15.1 Å². The summed E-state index contributed by atoms with van der Waals surface area (Å²) in [5, 5.41) is 8.60. The molecule has 106 valence electrons. The van der Waals surface area contributed by atoms with Crippen molar-refractivity contribution in [3.8, 4) is 0 Å². The molecule has 0 atom stereocenters. The number of aromatic nitrogens is 2. The number of hydrogen-bond acceptors (Lipinski definition) is 2. The second kappa shape index (κ2) is 5.44. The first-order valence-electron chi connectivity index (χ1n) is 7.02. The van der Waals surface area contributed by atoms with Crippen molar-refractivity contribution in [2.45, 2.75) is 37.1 Å². The Morgan fingerprint density at radius 1 is 1.30 bits per heavy atom. The van der Waals surface area contributed by atoms with Gasteiger partial charge in [-0.1, -0.05) is 18.2 Å². The summed E-state index contributed by atoms with van der Waals surface area (Å²) in [6, 6.07) is 8.01. The summed E-state index contributed by atoms with van der Waals surface area (Å²) in [4.78, 5) is 12.4. The molecule has 1 aromatic heterocycles. The van der Waals surface area contributed by atoms with E-state index in [0.29, 0.717) is 5.69 Å². The van der Waals surface area contributed by atoms with Gasteiger partial charge >= 0.3 is 0 Å². The number of aryl methyl sites for hydroxylation is 1. The van der Waals surface area contributed by atoms with Crippen LogP contribution in [0.2, 0.25) is 0 Å². The van der Waals surface area contributed by atoms with E-state index in [1.165, 1.54) is 0 Å². The van der Waals surface area contributed by atoms with E-state index in [0.717, 1.165) is 36.6 Å². The first kappa shape index (κ1) is 13.4. The fraction of sp³-hybridized carbons (Fsp3) is 0.467. The Morgan fingerprint density at radius 2 is 2.00 bits per heavy atom. The molecule has 0 saturated heterocycles. The summed E-state index contributed by atoms with van der Waals surface area (Å²) in [5.74, 6) is -0.0835. The van der Waals surface area contributed by atoms with Crippen LogP contribution in [0.15, 0.2) is 24.3 Å². The first-order chi connectivity index (χ1) is 9.65. The highest BCUT2D eigenvalue weighted by Crippen LogP contribution is 2.23. The maximum absolute atomic E-state index is 12.4. The Balaban J connectivity index is 1.79. The maximum Gasteiger partial charge on any atom is 0.272 e. The van der Waals surface area contributed by atoms with E-state index in [1.54, 1.807) is 4.68 Å². The maximum atomic E-state index is 12.4. The number of fused-ring (bicyclic) bond motifs is 1. The molecule has 0 bridgehead atoms. The average Bonchev–Trinajstić information content (AvgIpc) is 2.79. The minimum Gasteiger partial charge on any atom is -0.348 e. The fourth-order valence-corrected chi connectivity index (χ4v) is 3.08. The van der Waals surface area contributed by atoms with Crippen LogP contribution in [0.3, 0.4) is 0 Å². The lowest BCUT2D eigenvalue weighted by Crippen LogP contribution is -2.38. The van der Waals surface area contributed by atoms with Crippen LogP contribution >= 0.6 is 11.6 Å². The molecule has 0 radical (unpaired) electrons. The number of nitrogens with one attached hydrogen (secondary N) is 1. The van der Waals surface area contributed by atoms with Gasteiger partial charge in [0.2, 0.25) is 0 Å². The predicted molar refractivity (Wildman–Crippen MR) is 80.1 cm³/mol. The van der Waals surface area contributed by atoms with E-state index in [1.807, 2.05) is 31.3 Å². The van der Waals surface area contributed by atoms with Gasteiger partial charge in [-0.05, 0) is 31.7 Å². The van der Waals surface area contributed by atoms with Gasteiger partial charge in [-0.15, -0.1) is 11.6 Å². The number of nitrogens with zero attached hydrogens (tertiary/aromatic N) is 2. The summed E-state index contributed by atoms with van der Waals surface area (Å²) in [7, 11) is 1.86. The van der Waals surface area contributed by atoms with E-state index in [4.69, 9.17) is 11.6 Å². The minimum atomic E-state index is -0.0835. The normalized spacial score (nSPS) is 22.9. The lowest BCUT2D eigenvalue weighted by molar-refractivity contribution is 0.0923. The standard InChI is InChI=1S/C15H18ClN3O/c1-19-13-5-3-2-4-12(13)14(18-19)15(20)17-11-8-6-10(16)7-9-11/h2-5,10-11H,6-9H2,1H3,(H,17,20). The molecule has 1 saturated carbocycles. The Labute approximate surface area is 123 Å². The van der Waals surface area contributed by atoms with Gasteiger partial charge in [-0.2, -0.15) is 5.10 Å². The number of rotatable bonds is 2. The molecule has 1 heterocycles. The Hall–Kier alpha value is -1.55. The first-order valence-corrected chi connectivity index (χ1v) is 7.45. The largest absolute Gasteiger partial charge is 0.348 e. The zero-order valence-corrected chi connectivity index (χ0v) is 12.2. The third-order valence-electron chi connectivity index (χ3n) is 3.96. The number of halogens is 1. The summed E-state index contributed by atoms with van der Waals surface area (Å²) >= 11 is 6.09. The summed E-state index contributed by atoms with van der Waals surface area (Å²) in [6.45, 7) is 0. The van der Waals surface area contributed by atoms with Gasteiger partial charge in [-0.3, -0.25) is 9.48 Å². The number of amides is 1. The molecular weight excluding hydrogens is 274 g/mol. The number of alkyl halides is 1. The predicted octanol–water partition coefficient (Wildman–Crippen LogP) is 2.85. The topological polar surface area (TPSA) is 46.9 Å². The van der Waals surface area contributed by atoms with Crippen LogP contribution in [0.4, 0.5) is 0 Å². The van der Waals surface area contributed by atoms with E-state index < -0.39 is 0 Å². The molecule has 0 spiro atoms. The van der Waals surface area contributed by atoms with Gasteiger partial charge in [-0.25, -0.2) is 0 Å². The zero-order valence-electron chi connectivity index (χ0n) is 11.5. The monoisotopic (exact) mass is 291 g/mol. The number of carbonyl (C=O) groups is 1. The van der Waals surface area contributed by atoms with Crippen LogP contribution in [0.25, 0.3) is 10.9 Å². The van der Waals surface area contributed by atoms with E-state index in [-0.39, 0.29) is 17.3 Å². The molecule has 2 aromatic rings. The molecule has 1 N–H and O–H groups in total. The molecule has 0 unspecified atom stereocenters. The van der Waals surface area contributed by atoms with E-state index >= 15 is 0 Å². The van der Waals surface area contributed by atoms with Gasteiger partial charge in [0.15, 0.2) is 5.69 Å². The average molecular weight is 292 g/mol. The Morgan fingerprint density at radius 3 is 2.75 bits per heavy atom. The van der Waals surface area contributed by atoms with Crippen molar-refractivity contribution in [3.05, 3.63) is 30.0 Å². The molecule has 0 aliphatic heterocycles. The second-order valence-corrected chi connectivity index (χ2v) is 6.03. The van der Waals surface area contributed by atoms with Gasteiger partial charge in [0.25, 0.3) is 5.91 Å². The van der Waals surface area contributed by atoms with Crippen LogP contribution in [0, 0.1) is 0 Å². The molecule has 5 heteroatoms. The van der Waals surface area contributed by atoms with Crippen molar-refractivity contribution in [3.63, 3.8) is 0 Å². The summed E-state index contributed by atoms with van der Waals surface area (Å²) in [6.07, 6.45) is 3.83. The number of benzene rings is 1. The van der Waals surface area contributed by atoms with Crippen molar-refractivity contribution in [2.24, 2.45) is 7.05 Å². The zero-order chi connectivity index (χ0) is 14.1. The Bertz CT molecular complexity index is 629. The summed E-state index contributed by atoms with van der Waals surface area (Å²) < 4.78 is 1.75. The van der Waals surface area contributed by atoms with Gasteiger partial charge in [0.1, 0.15) is 0 Å². The number of carbonyl (C=O) groups excluding carboxylic acids is 1. The second-order valence-electron chi connectivity index (χ2n) is 5.41. The smallest absolute Gasteiger partial charge is 0.272 e. The highest BCUT2D eigenvalue weighted by molar-refractivity contribution is 6.20. The van der Waals surface area contributed by atoms with Crippen molar-refractivity contribution < 1.29 is 4.79 Å². The van der Waals surface area contributed by atoms with E-state index in [2.05, 4.69) is 10.4 Å². The molecule has 1 aromatic carbocycles. The highest BCUT2D eigenvalue weighted by Gasteiger charge is 2.23. The lowest BCUT2D eigenvalue weighted by atomic mass is 9.95. The number of para-hydroxylation sites is 1. The van der Waals surface area contributed by atoms with Crippen molar-refractivity contribution in [2.75, 3.05) is 0 Å². The minimum absolute atomic E-state index is 0.0835. The van der Waals surface area contributed by atoms with E-state index in [9.17, 15) is 4.79 Å². The summed E-state index contributed by atoms with van der Waals surface area (Å²) in [5.41, 5.74) is 1.48. The molecule has 1 aliphatic carbocycles. The third kappa shape index (κ3) is 2.52. The van der Waals surface area contributed by atoms with Crippen LogP contribution in [-0.4, -0.2) is 27.1 Å². The van der Waals surface area contributed by atoms with Crippen LogP contribution in [0.5, 0.6) is 0 Å². The molecule has 3 rings (SSSR count). The molecule has 4 nitrogen and oxygen atoms in total. The molecule has 1 aliphatic rings. The van der Waals surface area contributed by atoms with Crippen LogP contribution in [0.1, 0.15) is 36.2 Å². The third-order valence-corrected chi connectivity index (χ3v) is 4.40. The highest BCUT2D eigenvalue weighted by atomic mass is 35.5. The van der Waals surface area contributed by atoms with Gasteiger partial charge in [0.05, 0.1) is 5.52 Å². The van der Waals surface area contributed by atoms with Crippen molar-refractivity contribution >= 4 is 28.4 Å². The quantitative estimate of drug-likeness (QED) is 0.865. The molecule has 1 amide bonds. The SMILES string of the molecule is Cn1nc(C(=O)NC2CCC(Cl)CC2)c2ccccc21. The lowest BCUT2D eigenvalue weighted by Gasteiger charge is -2.25. The fourth-order valence-electron chi connectivity index (χ4n) is 2.83. The van der Waals surface area contributed by atoms with Gasteiger partial charge < -0.3 is 5.32 Å². The molecule has 20 heavy (non-hydrogen) atoms.